The number of anilines is 1. The number of aromatic nitrogens is 3. The van der Waals surface area contributed by atoms with Crippen molar-refractivity contribution in [2.75, 3.05) is 11.9 Å². The average Bonchev–Trinajstić information content (AvgIpc) is 2.99. The number of imidazole rings is 1. The van der Waals surface area contributed by atoms with Gasteiger partial charge in [0.05, 0.1) is 12.6 Å². The Morgan fingerprint density at radius 1 is 1.38 bits per heavy atom. The molecule has 0 saturated carbocycles. The first kappa shape index (κ1) is 14.4. The van der Waals surface area contributed by atoms with Crippen molar-refractivity contribution in [3.05, 3.63) is 58.0 Å². The molecule has 0 saturated heterocycles. The van der Waals surface area contributed by atoms with E-state index in [-0.39, 0.29) is 17.6 Å². The number of nitrogens with zero attached hydrogens (tertiary/aromatic N) is 4. The van der Waals surface area contributed by atoms with Crippen LogP contribution in [0.1, 0.15) is 18.0 Å². The van der Waals surface area contributed by atoms with Gasteiger partial charge in [-0.05, 0) is 17.1 Å². The zero-order valence-electron chi connectivity index (χ0n) is 12.3. The normalized spacial score (nSPS) is 16.5. The third kappa shape index (κ3) is 2.30. The molecule has 0 fully saturated rings. The minimum absolute atomic E-state index is 0.197. The maximum atomic E-state index is 13.8. The van der Waals surface area contributed by atoms with Gasteiger partial charge in [0.25, 0.3) is 0 Å². The van der Waals surface area contributed by atoms with Gasteiger partial charge in [-0.2, -0.15) is 0 Å². The summed E-state index contributed by atoms with van der Waals surface area (Å²) in [5.41, 5.74) is 1.08. The van der Waals surface area contributed by atoms with E-state index in [4.69, 9.17) is 4.74 Å². The predicted octanol–water partition coefficient (Wildman–Crippen LogP) is 2.71. The molecule has 0 unspecified atom stereocenters. The van der Waals surface area contributed by atoms with Gasteiger partial charge in [0, 0.05) is 18.1 Å². The van der Waals surface area contributed by atoms with Gasteiger partial charge < -0.3 is 20.2 Å². The predicted molar refractivity (Wildman–Crippen MR) is 82.5 cm³/mol. The number of hydrogen-bond acceptors (Lipinski definition) is 6. The van der Waals surface area contributed by atoms with Crippen LogP contribution in [0.25, 0.3) is 5.65 Å². The molecular weight excluding hydrogens is 317 g/mol. The van der Waals surface area contributed by atoms with E-state index >= 15 is 0 Å². The lowest BCUT2D eigenvalue weighted by Crippen LogP contribution is -2.22. The van der Waals surface area contributed by atoms with Crippen molar-refractivity contribution >= 4 is 17.3 Å². The highest BCUT2D eigenvalue weighted by molar-refractivity contribution is 5.50. The molecule has 0 aliphatic carbocycles. The monoisotopic (exact) mass is 329 g/mol. The van der Waals surface area contributed by atoms with Crippen LogP contribution >= 0.6 is 0 Å². The van der Waals surface area contributed by atoms with Crippen LogP contribution in [-0.4, -0.2) is 26.1 Å². The molecule has 0 amide bonds. The second-order valence-corrected chi connectivity index (χ2v) is 5.35. The molecule has 2 aromatic heterocycles. The van der Waals surface area contributed by atoms with Gasteiger partial charge in [-0.25, -0.2) is 9.37 Å². The van der Waals surface area contributed by atoms with Crippen LogP contribution in [0.5, 0.6) is 5.75 Å². The average molecular weight is 329 g/mol. The van der Waals surface area contributed by atoms with Crippen LogP contribution < -0.4 is 10.1 Å². The Kier molecular flexibility index (Phi) is 3.26. The Bertz CT molecular complexity index is 942. The number of nitro groups is 1. The molecule has 1 aliphatic heterocycles. The van der Waals surface area contributed by atoms with Crippen molar-refractivity contribution in [3.63, 3.8) is 0 Å². The first-order chi connectivity index (χ1) is 11.6. The lowest BCUT2D eigenvalue weighted by molar-refractivity contribution is -0.391. The quantitative estimate of drug-likeness (QED) is 0.586. The van der Waals surface area contributed by atoms with Gasteiger partial charge in [-0.15, -0.1) is 0 Å². The summed E-state index contributed by atoms with van der Waals surface area (Å²) in [5, 5.41) is 18.4. The molecule has 1 aromatic carbocycles. The van der Waals surface area contributed by atoms with Crippen LogP contribution in [0.4, 0.5) is 16.0 Å². The van der Waals surface area contributed by atoms with Crippen molar-refractivity contribution in [2.24, 2.45) is 0 Å². The molecular formula is C15H12FN5O3. The molecule has 9 heteroatoms. The molecule has 0 bridgehead atoms. The highest BCUT2D eigenvalue weighted by Gasteiger charge is 2.25. The molecule has 4 rings (SSSR count). The van der Waals surface area contributed by atoms with Crippen LogP contribution in [0, 0.1) is 15.9 Å². The van der Waals surface area contributed by atoms with Gasteiger partial charge >= 0.3 is 5.82 Å². The number of halogens is 1. The zero-order valence-corrected chi connectivity index (χ0v) is 12.3. The fraction of sp³-hybridized carbons (Fsp3) is 0.200. The minimum Gasteiger partial charge on any atom is -0.490 e. The fourth-order valence-electron chi connectivity index (χ4n) is 2.78. The molecule has 3 aromatic rings. The largest absolute Gasteiger partial charge is 0.490 e. The molecule has 3 heterocycles. The van der Waals surface area contributed by atoms with Crippen LogP contribution in [0.3, 0.4) is 0 Å². The molecule has 0 spiro atoms. The maximum absolute atomic E-state index is 13.8. The van der Waals surface area contributed by atoms with Gasteiger partial charge in [0.2, 0.25) is 5.65 Å². The van der Waals surface area contributed by atoms with E-state index in [1.807, 2.05) is 0 Å². The Balaban J connectivity index is 1.69. The Morgan fingerprint density at radius 3 is 3.08 bits per heavy atom. The van der Waals surface area contributed by atoms with Crippen molar-refractivity contribution in [1.29, 1.82) is 0 Å². The molecule has 0 radical (unpaired) electrons. The number of fused-ring (bicyclic) bond motifs is 2. The minimum atomic E-state index is -0.546. The summed E-state index contributed by atoms with van der Waals surface area (Å²) in [6.07, 6.45) is 1.79. The number of hydrogen-bond donors (Lipinski definition) is 1. The lowest BCUT2D eigenvalue weighted by atomic mass is 10.0. The van der Waals surface area contributed by atoms with E-state index in [1.165, 1.54) is 6.07 Å². The van der Waals surface area contributed by atoms with E-state index in [1.54, 1.807) is 24.3 Å². The zero-order chi connectivity index (χ0) is 16.7. The van der Waals surface area contributed by atoms with Crippen LogP contribution in [-0.2, 0) is 0 Å². The summed E-state index contributed by atoms with van der Waals surface area (Å²) in [4.78, 5) is 14.4. The van der Waals surface area contributed by atoms with Crippen molar-refractivity contribution in [2.45, 2.75) is 12.5 Å². The number of benzene rings is 1. The highest BCUT2D eigenvalue weighted by atomic mass is 19.1. The summed E-state index contributed by atoms with van der Waals surface area (Å²) in [6, 6.07) is 7.87. The Labute approximate surface area is 135 Å². The second-order valence-electron chi connectivity index (χ2n) is 5.35. The van der Waals surface area contributed by atoms with Gasteiger partial charge in [-0.3, -0.25) is 0 Å². The third-order valence-corrected chi connectivity index (χ3v) is 3.88. The maximum Gasteiger partial charge on any atom is 0.368 e. The van der Waals surface area contributed by atoms with Gasteiger partial charge in [-0.1, -0.05) is 21.7 Å². The van der Waals surface area contributed by atoms with E-state index in [0.717, 1.165) is 10.7 Å². The number of para-hydroxylation sites is 1. The first-order valence-electron chi connectivity index (χ1n) is 7.30. The van der Waals surface area contributed by atoms with Crippen molar-refractivity contribution in [3.8, 4) is 5.75 Å². The summed E-state index contributed by atoms with van der Waals surface area (Å²) in [6.45, 7) is 0.374. The van der Waals surface area contributed by atoms with Gasteiger partial charge in [0.1, 0.15) is 6.20 Å². The first-order valence-corrected chi connectivity index (χ1v) is 7.30. The summed E-state index contributed by atoms with van der Waals surface area (Å²) < 4.78 is 20.4. The molecule has 1 aliphatic rings. The second kappa shape index (κ2) is 5.44. The standard InChI is InChI=1S/C15H12FN5O3/c16-10-3-1-2-9-11(6-7-24-15(9)10)18-12-4-5-13-17-8-14(21(22)23)20(13)19-12/h1-5,8,11H,6-7H2,(H,18,19)/t11-/m0/s1. The van der Waals surface area contributed by atoms with Crippen molar-refractivity contribution < 1.29 is 14.1 Å². The fourth-order valence-corrected chi connectivity index (χ4v) is 2.78. The van der Waals surface area contributed by atoms with E-state index < -0.39 is 10.7 Å². The molecule has 1 atom stereocenters. The Morgan fingerprint density at radius 2 is 2.25 bits per heavy atom. The van der Waals surface area contributed by atoms with Crippen LogP contribution in [0.15, 0.2) is 36.5 Å². The highest BCUT2D eigenvalue weighted by Crippen LogP contribution is 2.35. The van der Waals surface area contributed by atoms with E-state index in [0.29, 0.717) is 30.1 Å². The van der Waals surface area contributed by atoms with Crippen molar-refractivity contribution in [1.82, 2.24) is 14.6 Å². The van der Waals surface area contributed by atoms with E-state index in [9.17, 15) is 14.5 Å². The molecule has 122 valence electrons. The lowest BCUT2D eigenvalue weighted by Gasteiger charge is -2.26. The topological polar surface area (TPSA) is 94.6 Å². The number of nitrogens with one attached hydrogen (secondary N) is 1. The number of ether oxygens (including phenoxy) is 1. The Hall–Kier alpha value is -3.23. The SMILES string of the molecule is O=[N+]([O-])c1cnc2ccc(N[C@H]3CCOc4c(F)cccc43)nn12. The van der Waals surface area contributed by atoms with Crippen LogP contribution in [0.2, 0.25) is 0 Å². The van der Waals surface area contributed by atoms with E-state index in [2.05, 4.69) is 15.4 Å². The van der Waals surface area contributed by atoms with Gasteiger partial charge in [0.15, 0.2) is 17.4 Å². The smallest absolute Gasteiger partial charge is 0.368 e. The molecule has 24 heavy (non-hydrogen) atoms. The summed E-state index contributed by atoms with van der Waals surface area (Å²) in [7, 11) is 0. The molecule has 1 N–H and O–H groups in total. The summed E-state index contributed by atoms with van der Waals surface area (Å²) >= 11 is 0. The number of rotatable bonds is 3. The molecule has 8 nitrogen and oxygen atoms in total. The summed E-state index contributed by atoms with van der Waals surface area (Å²) in [5.74, 6) is 0.0429. The third-order valence-electron chi connectivity index (χ3n) is 3.88.